The summed E-state index contributed by atoms with van der Waals surface area (Å²) in [5.74, 6) is -2.42. The molecule has 138 valence electrons. The number of nitrogens with one attached hydrogen (secondary N) is 1. The third-order valence-electron chi connectivity index (χ3n) is 3.67. The standard InChI is InChI=1S/C17H18FN3O5/c1-21(8-10-3-5-11(18)6-4-10)17(24)12-7-19-14(16(23)20-25)15(22)13(12)9-26-2/h3-7,22,25H,8-9H2,1-2H3,(H,20,23). The van der Waals surface area contributed by atoms with Crippen LogP contribution in [0, 0.1) is 5.82 Å². The third-order valence-corrected chi connectivity index (χ3v) is 3.67. The van der Waals surface area contributed by atoms with Crippen molar-refractivity contribution in [3.63, 3.8) is 0 Å². The van der Waals surface area contributed by atoms with E-state index >= 15 is 0 Å². The number of rotatable bonds is 6. The van der Waals surface area contributed by atoms with Gasteiger partial charge in [-0.1, -0.05) is 12.1 Å². The molecule has 1 aromatic carbocycles. The van der Waals surface area contributed by atoms with E-state index in [0.717, 1.165) is 6.20 Å². The van der Waals surface area contributed by atoms with E-state index in [1.54, 1.807) is 12.1 Å². The lowest BCUT2D eigenvalue weighted by Gasteiger charge is -2.20. The number of hydrogen-bond acceptors (Lipinski definition) is 6. The van der Waals surface area contributed by atoms with Crippen LogP contribution in [-0.2, 0) is 17.9 Å². The zero-order chi connectivity index (χ0) is 19.3. The molecule has 2 amide bonds. The van der Waals surface area contributed by atoms with E-state index in [9.17, 15) is 19.1 Å². The first-order valence-electron chi connectivity index (χ1n) is 7.53. The molecule has 9 heteroatoms. The van der Waals surface area contributed by atoms with Gasteiger partial charge in [-0.05, 0) is 17.7 Å². The third kappa shape index (κ3) is 4.13. The van der Waals surface area contributed by atoms with Gasteiger partial charge in [0.25, 0.3) is 11.8 Å². The molecule has 1 heterocycles. The van der Waals surface area contributed by atoms with Crippen LogP contribution in [0.25, 0.3) is 0 Å². The molecule has 0 unspecified atom stereocenters. The fourth-order valence-electron chi connectivity index (χ4n) is 2.37. The zero-order valence-electron chi connectivity index (χ0n) is 14.2. The van der Waals surface area contributed by atoms with Gasteiger partial charge in [-0.3, -0.25) is 14.8 Å². The Morgan fingerprint density at radius 1 is 1.31 bits per heavy atom. The van der Waals surface area contributed by atoms with Gasteiger partial charge in [0, 0.05) is 32.5 Å². The molecule has 0 bridgehead atoms. The minimum atomic E-state index is -1.02. The highest BCUT2D eigenvalue weighted by Crippen LogP contribution is 2.26. The molecule has 0 saturated heterocycles. The number of carbonyl (C=O) groups excluding carboxylic acids is 2. The van der Waals surface area contributed by atoms with E-state index in [1.165, 1.54) is 36.7 Å². The Balaban J connectivity index is 2.33. The zero-order valence-corrected chi connectivity index (χ0v) is 14.2. The summed E-state index contributed by atoms with van der Waals surface area (Å²) >= 11 is 0. The largest absolute Gasteiger partial charge is 0.505 e. The van der Waals surface area contributed by atoms with Crippen molar-refractivity contribution < 1.29 is 29.0 Å². The van der Waals surface area contributed by atoms with Gasteiger partial charge >= 0.3 is 0 Å². The number of methoxy groups -OCH3 is 1. The summed E-state index contributed by atoms with van der Waals surface area (Å²) in [5.41, 5.74) is 1.76. The van der Waals surface area contributed by atoms with Crippen molar-refractivity contribution >= 4 is 11.8 Å². The smallest absolute Gasteiger partial charge is 0.297 e. The molecule has 0 aliphatic heterocycles. The summed E-state index contributed by atoms with van der Waals surface area (Å²) in [7, 11) is 2.90. The number of carbonyl (C=O) groups is 2. The molecule has 0 fully saturated rings. The van der Waals surface area contributed by atoms with Crippen molar-refractivity contribution in [2.24, 2.45) is 0 Å². The topological polar surface area (TPSA) is 112 Å². The monoisotopic (exact) mass is 363 g/mol. The molecule has 2 rings (SSSR count). The number of aromatic hydroxyl groups is 1. The number of benzene rings is 1. The van der Waals surface area contributed by atoms with Crippen molar-refractivity contribution in [3.05, 3.63) is 58.7 Å². The minimum Gasteiger partial charge on any atom is -0.505 e. The highest BCUT2D eigenvalue weighted by atomic mass is 19.1. The van der Waals surface area contributed by atoms with Gasteiger partial charge in [0.2, 0.25) is 0 Å². The summed E-state index contributed by atoms with van der Waals surface area (Å²) < 4.78 is 18.0. The summed E-state index contributed by atoms with van der Waals surface area (Å²) in [6, 6.07) is 5.69. The lowest BCUT2D eigenvalue weighted by molar-refractivity contribution is 0.0694. The van der Waals surface area contributed by atoms with Crippen LogP contribution in [0.5, 0.6) is 5.75 Å². The van der Waals surface area contributed by atoms with Gasteiger partial charge < -0.3 is 14.7 Å². The molecule has 3 N–H and O–H groups in total. The summed E-state index contributed by atoms with van der Waals surface area (Å²) in [6.45, 7) is 0.0523. The number of hydrogen-bond donors (Lipinski definition) is 3. The average Bonchev–Trinajstić information content (AvgIpc) is 2.64. The van der Waals surface area contributed by atoms with Crippen molar-refractivity contribution in [1.82, 2.24) is 15.4 Å². The molecule has 8 nitrogen and oxygen atoms in total. The normalized spacial score (nSPS) is 10.5. The van der Waals surface area contributed by atoms with Crippen molar-refractivity contribution in [2.45, 2.75) is 13.2 Å². The second-order valence-corrected chi connectivity index (χ2v) is 5.51. The van der Waals surface area contributed by atoms with E-state index in [1.807, 2.05) is 0 Å². The Kier molecular flexibility index (Phi) is 6.21. The van der Waals surface area contributed by atoms with E-state index in [0.29, 0.717) is 5.56 Å². The van der Waals surface area contributed by atoms with Crippen LogP contribution in [0.2, 0.25) is 0 Å². The number of aromatic nitrogens is 1. The van der Waals surface area contributed by atoms with Gasteiger partial charge in [0.15, 0.2) is 11.4 Å². The second kappa shape index (κ2) is 8.37. The molecular weight excluding hydrogens is 345 g/mol. The first-order valence-corrected chi connectivity index (χ1v) is 7.53. The van der Waals surface area contributed by atoms with Crippen molar-refractivity contribution in [3.8, 4) is 5.75 Å². The number of ether oxygens (including phenoxy) is 1. The Bertz CT molecular complexity index is 811. The SMILES string of the molecule is COCc1c(C(=O)N(C)Cc2ccc(F)cc2)cnc(C(=O)NO)c1O. The van der Waals surface area contributed by atoms with E-state index in [-0.39, 0.29) is 30.1 Å². The summed E-state index contributed by atoms with van der Waals surface area (Å²) in [6.07, 6.45) is 1.13. The Morgan fingerprint density at radius 3 is 2.54 bits per heavy atom. The lowest BCUT2D eigenvalue weighted by atomic mass is 10.1. The second-order valence-electron chi connectivity index (χ2n) is 5.51. The van der Waals surface area contributed by atoms with Crippen LogP contribution in [-0.4, -0.2) is 46.2 Å². The van der Waals surface area contributed by atoms with Gasteiger partial charge in [-0.15, -0.1) is 0 Å². The quantitative estimate of drug-likeness (QED) is 0.529. The maximum absolute atomic E-state index is 13.0. The Morgan fingerprint density at radius 2 is 1.96 bits per heavy atom. The van der Waals surface area contributed by atoms with E-state index < -0.39 is 23.3 Å². The molecule has 0 aliphatic carbocycles. The van der Waals surface area contributed by atoms with Crippen molar-refractivity contribution in [2.75, 3.05) is 14.2 Å². The van der Waals surface area contributed by atoms with Crippen LogP contribution in [0.3, 0.4) is 0 Å². The van der Waals surface area contributed by atoms with Crippen LogP contribution in [0.1, 0.15) is 32.0 Å². The fraction of sp³-hybridized carbons (Fsp3) is 0.235. The Labute approximate surface area is 148 Å². The number of amides is 2. The summed E-state index contributed by atoms with van der Waals surface area (Å²) in [4.78, 5) is 29.3. The average molecular weight is 363 g/mol. The molecular formula is C17H18FN3O5. The highest BCUT2D eigenvalue weighted by molar-refractivity contribution is 5.99. The maximum Gasteiger partial charge on any atom is 0.297 e. The van der Waals surface area contributed by atoms with Crippen molar-refractivity contribution in [1.29, 1.82) is 0 Å². The minimum absolute atomic E-state index is 0.0449. The molecule has 1 aromatic heterocycles. The molecule has 0 spiro atoms. The molecule has 2 aromatic rings. The van der Waals surface area contributed by atoms with Gasteiger partial charge in [0.05, 0.1) is 12.2 Å². The molecule has 0 atom stereocenters. The highest BCUT2D eigenvalue weighted by Gasteiger charge is 2.24. The maximum atomic E-state index is 13.0. The van der Waals surface area contributed by atoms with Gasteiger partial charge in [-0.25, -0.2) is 14.9 Å². The Hall–Kier alpha value is -3.04. The lowest BCUT2D eigenvalue weighted by Crippen LogP contribution is -2.28. The summed E-state index contributed by atoms with van der Waals surface area (Å²) in [5, 5.41) is 18.9. The molecule has 0 aliphatic rings. The molecule has 0 saturated carbocycles. The van der Waals surface area contributed by atoms with Crippen LogP contribution < -0.4 is 5.48 Å². The van der Waals surface area contributed by atoms with Gasteiger partial charge in [-0.2, -0.15) is 0 Å². The van der Waals surface area contributed by atoms with E-state index in [4.69, 9.17) is 9.94 Å². The predicted molar refractivity (Wildman–Crippen MR) is 88.1 cm³/mol. The van der Waals surface area contributed by atoms with Crippen LogP contribution >= 0.6 is 0 Å². The number of halogens is 1. The predicted octanol–water partition coefficient (Wildman–Crippen LogP) is 1.46. The molecule has 26 heavy (non-hydrogen) atoms. The van der Waals surface area contributed by atoms with Crippen LogP contribution in [0.15, 0.2) is 30.5 Å². The first kappa shape index (κ1) is 19.3. The number of pyridine rings is 1. The van der Waals surface area contributed by atoms with E-state index in [2.05, 4.69) is 4.98 Å². The fourth-order valence-corrected chi connectivity index (χ4v) is 2.37. The number of hydroxylamine groups is 1. The number of nitrogens with zero attached hydrogens (tertiary/aromatic N) is 2. The van der Waals surface area contributed by atoms with Crippen LogP contribution in [0.4, 0.5) is 4.39 Å². The molecule has 0 radical (unpaired) electrons. The first-order chi connectivity index (χ1) is 12.4. The van der Waals surface area contributed by atoms with Gasteiger partial charge in [0.1, 0.15) is 5.82 Å².